The molecule has 1 aromatic rings. The Balaban J connectivity index is 2.27. The number of allylic oxidation sites excluding steroid dienone is 1. The molecule has 0 bridgehead atoms. The summed E-state index contributed by atoms with van der Waals surface area (Å²) in [5.74, 6) is -0.0530. The average molecular weight is 246 g/mol. The molecule has 1 fully saturated rings. The highest BCUT2D eigenvalue weighted by Gasteiger charge is 2.46. The SMILES string of the molecule is C=C(Cn1cccn1)C1(C(C)=O)CCCCC1=O. The van der Waals surface area contributed by atoms with Gasteiger partial charge in [0.25, 0.3) is 0 Å². The topological polar surface area (TPSA) is 52.0 Å². The minimum Gasteiger partial charge on any atom is -0.299 e. The fourth-order valence-corrected chi connectivity index (χ4v) is 2.75. The number of hydrogen-bond acceptors (Lipinski definition) is 3. The minimum absolute atomic E-state index is 0.0263. The number of carbonyl (C=O) groups is 2. The molecule has 0 radical (unpaired) electrons. The van der Waals surface area contributed by atoms with Crippen LogP contribution in [0.25, 0.3) is 0 Å². The molecule has 1 atom stereocenters. The van der Waals surface area contributed by atoms with Crippen LogP contribution in [0.3, 0.4) is 0 Å². The van der Waals surface area contributed by atoms with E-state index in [1.165, 1.54) is 6.92 Å². The maximum absolute atomic E-state index is 12.2. The van der Waals surface area contributed by atoms with Crippen molar-refractivity contribution >= 4 is 11.6 Å². The van der Waals surface area contributed by atoms with E-state index in [-0.39, 0.29) is 11.6 Å². The molecule has 2 rings (SSSR count). The number of Topliss-reactive ketones (excluding diaryl/α,β-unsaturated/α-hetero) is 2. The van der Waals surface area contributed by atoms with Crippen LogP contribution in [0, 0.1) is 5.41 Å². The van der Waals surface area contributed by atoms with E-state index >= 15 is 0 Å². The highest BCUT2D eigenvalue weighted by molar-refractivity contribution is 6.09. The zero-order valence-electron chi connectivity index (χ0n) is 10.7. The Bertz CT molecular complexity index is 476. The minimum atomic E-state index is -0.968. The molecule has 96 valence electrons. The van der Waals surface area contributed by atoms with Crippen LogP contribution in [-0.4, -0.2) is 21.3 Å². The molecular weight excluding hydrogens is 228 g/mol. The average Bonchev–Trinajstić information content (AvgIpc) is 2.82. The summed E-state index contributed by atoms with van der Waals surface area (Å²) in [5, 5.41) is 4.10. The summed E-state index contributed by atoms with van der Waals surface area (Å²) in [5.41, 5.74) is -0.298. The van der Waals surface area contributed by atoms with E-state index < -0.39 is 5.41 Å². The molecule has 18 heavy (non-hydrogen) atoms. The Morgan fingerprint density at radius 3 is 2.89 bits per heavy atom. The fourth-order valence-electron chi connectivity index (χ4n) is 2.75. The Morgan fingerprint density at radius 2 is 2.33 bits per heavy atom. The van der Waals surface area contributed by atoms with Crippen molar-refractivity contribution in [3.8, 4) is 0 Å². The van der Waals surface area contributed by atoms with Crippen molar-refractivity contribution < 1.29 is 9.59 Å². The second-order valence-electron chi connectivity index (χ2n) is 4.90. The highest BCUT2D eigenvalue weighted by Crippen LogP contribution is 2.40. The number of nitrogens with zero attached hydrogens (tertiary/aromatic N) is 2. The number of ketones is 2. The number of carbonyl (C=O) groups excluding carboxylic acids is 2. The third kappa shape index (κ3) is 2.03. The second kappa shape index (κ2) is 4.88. The van der Waals surface area contributed by atoms with Crippen molar-refractivity contribution in [2.24, 2.45) is 5.41 Å². The van der Waals surface area contributed by atoms with Crippen LogP contribution < -0.4 is 0 Å². The number of rotatable bonds is 4. The third-order valence-electron chi connectivity index (χ3n) is 3.80. The monoisotopic (exact) mass is 246 g/mol. The van der Waals surface area contributed by atoms with E-state index in [2.05, 4.69) is 11.7 Å². The van der Waals surface area contributed by atoms with Gasteiger partial charge >= 0.3 is 0 Å². The van der Waals surface area contributed by atoms with Gasteiger partial charge in [-0.2, -0.15) is 5.10 Å². The largest absolute Gasteiger partial charge is 0.299 e. The first kappa shape index (κ1) is 12.7. The predicted octanol–water partition coefficient (Wildman–Crippen LogP) is 2.16. The Kier molecular flexibility index (Phi) is 3.45. The van der Waals surface area contributed by atoms with E-state index in [1.54, 1.807) is 10.9 Å². The molecule has 0 aromatic carbocycles. The normalized spacial score (nSPS) is 23.9. The summed E-state index contributed by atoms with van der Waals surface area (Å²) in [6, 6.07) is 1.82. The van der Waals surface area contributed by atoms with Crippen LogP contribution in [0.15, 0.2) is 30.6 Å². The molecular formula is C14H18N2O2. The van der Waals surface area contributed by atoms with Crippen LogP contribution in [0.4, 0.5) is 0 Å². The summed E-state index contributed by atoms with van der Waals surface area (Å²) in [6.45, 7) is 5.92. The van der Waals surface area contributed by atoms with E-state index in [0.29, 0.717) is 25.0 Å². The maximum Gasteiger partial charge on any atom is 0.150 e. The zero-order valence-corrected chi connectivity index (χ0v) is 10.7. The van der Waals surface area contributed by atoms with Crippen molar-refractivity contribution in [3.63, 3.8) is 0 Å². The van der Waals surface area contributed by atoms with Gasteiger partial charge in [-0.05, 0) is 31.4 Å². The summed E-state index contributed by atoms with van der Waals surface area (Å²) in [7, 11) is 0. The van der Waals surface area contributed by atoms with Crippen LogP contribution in [0.2, 0.25) is 0 Å². The van der Waals surface area contributed by atoms with Gasteiger partial charge < -0.3 is 0 Å². The standard InChI is InChI=1S/C14H18N2O2/c1-11(10-16-9-5-8-15-16)14(12(2)17)7-4-3-6-13(14)18/h5,8-9H,1,3-4,6-7,10H2,2H3. The molecule has 0 amide bonds. The number of aromatic nitrogens is 2. The van der Waals surface area contributed by atoms with Crippen LogP contribution in [0.1, 0.15) is 32.6 Å². The van der Waals surface area contributed by atoms with Gasteiger partial charge in [-0.1, -0.05) is 13.0 Å². The molecule has 1 aromatic heterocycles. The summed E-state index contributed by atoms with van der Waals surface area (Å²) >= 11 is 0. The zero-order chi connectivity index (χ0) is 13.2. The second-order valence-corrected chi connectivity index (χ2v) is 4.90. The first-order valence-corrected chi connectivity index (χ1v) is 6.27. The lowest BCUT2D eigenvalue weighted by Crippen LogP contribution is -2.43. The van der Waals surface area contributed by atoms with E-state index in [9.17, 15) is 9.59 Å². The molecule has 0 N–H and O–H groups in total. The van der Waals surface area contributed by atoms with Crippen LogP contribution in [0.5, 0.6) is 0 Å². The van der Waals surface area contributed by atoms with Gasteiger partial charge in [-0.15, -0.1) is 0 Å². The highest BCUT2D eigenvalue weighted by atomic mass is 16.2. The molecule has 1 aliphatic rings. The summed E-state index contributed by atoms with van der Waals surface area (Å²) in [6.07, 6.45) is 6.36. The first-order chi connectivity index (χ1) is 8.57. The maximum atomic E-state index is 12.2. The molecule has 1 aliphatic carbocycles. The van der Waals surface area contributed by atoms with Crippen molar-refractivity contribution in [2.45, 2.75) is 39.2 Å². The first-order valence-electron chi connectivity index (χ1n) is 6.27. The molecule has 1 saturated carbocycles. The summed E-state index contributed by atoms with van der Waals surface area (Å²) < 4.78 is 1.70. The van der Waals surface area contributed by atoms with Gasteiger partial charge in [0.2, 0.25) is 0 Å². The Labute approximate surface area is 107 Å². The predicted molar refractivity (Wildman–Crippen MR) is 68.0 cm³/mol. The Hall–Kier alpha value is -1.71. The molecule has 0 spiro atoms. The lowest BCUT2D eigenvalue weighted by atomic mass is 9.66. The smallest absolute Gasteiger partial charge is 0.150 e. The summed E-state index contributed by atoms with van der Waals surface area (Å²) in [4.78, 5) is 24.2. The fraction of sp³-hybridized carbons (Fsp3) is 0.500. The van der Waals surface area contributed by atoms with Crippen molar-refractivity contribution in [3.05, 3.63) is 30.6 Å². The van der Waals surface area contributed by atoms with Crippen LogP contribution >= 0.6 is 0 Å². The van der Waals surface area contributed by atoms with Gasteiger partial charge in [0.05, 0.1) is 6.54 Å². The van der Waals surface area contributed by atoms with Gasteiger partial charge in [-0.25, -0.2) is 0 Å². The molecule has 1 heterocycles. The van der Waals surface area contributed by atoms with Crippen molar-refractivity contribution in [1.29, 1.82) is 0 Å². The van der Waals surface area contributed by atoms with E-state index in [4.69, 9.17) is 0 Å². The quantitative estimate of drug-likeness (QED) is 0.604. The molecule has 0 saturated heterocycles. The lowest BCUT2D eigenvalue weighted by molar-refractivity contribution is -0.139. The Morgan fingerprint density at radius 1 is 1.56 bits per heavy atom. The third-order valence-corrected chi connectivity index (χ3v) is 3.80. The van der Waals surface area contributed by atoms with E-state index in [1.807, 2.05) is 12.3 Å². The molecule has 4 heteroatoms. The number of hydrogen-bond donors (Lipinski definition) is 0. The molecule has 1 unspecified atom stereocenters. The molecule has 4 nitrogen and oxygen atoms in total. The van der Waals surface area contributed by atoms with Crippen molar-refractivity contribution in [1.82, 2.24) is 9.78 Å². The van der Waals surface area contributed by atoms with Gasteiger partial charge in [0.1, 0.15) is 11.2 Å². The van der Waals surface area contributed by atoms with E-state index in [0.717, 1.165) is 12.8 Å². The molecule has 0 aliphatic heterocycles. The van der Waals surface area contributed by atoms with Crippen LogP contribution in [-0.2, 0) is 16.1 Å². The van der Waals surface area contributed by atoms with Gasteiger partial charge in [0, 0.05) is 18.8 Å². The van der Waals surface area contributed by atoms with Gasteiger partial charge in [0.15, 0.2) is 5.78 Å². The lowest BCUT2D eigenvalue weighted by Gasteiger charge is -2.35. The van der Waals surface area contributed by atoms with Crippen molar-refractivity contribution in [2.75, 3.05) is 0 Å². The van der Waals surface area contributed by atoms with Gasteiger partial charge in [-0.3, -0.25) is 14.3 Å².